The third-order valence-corrected chi connectivity index (χ3v) is 5.65. The second-order valence-electron chi connectivity index (χ2n) is 7.17. The number of H-pyrrole nitrogens is 1. The van der Waals surface area contributed by atoms with Crippen LogP contribution in [0.4, 0.5) is 0 Å². The van der Waals surface area contributed by atoms with E-state index in [4.69, 9.17) is 20.9 Å². The van der Waals surface area contributed by atoms with E-state index < -0.39 is 0 Å². The van der Waals surface area contributed by atoms with Gasteiger partial charge in [-0.25, -0.2) is 4.52 Å². The van der Waals surface area contributed by atoms with Gasteiger partial charge in [0.25, 0.3) is 11.4 Å². The van der Waals surface area contributed by atoms with Crippen molar-refractivity contribution in [2.75, 3.05) is 20.2 Å². The molecule has 5 rings (SSSR count). The summed E-state index contributed by atoms with van der Waals surface area (Å²) in [5.74, 6) is 1.48. The van der Waals surface area contributed by atoms with Crippen LogP contribution in [0.25, 0.3) is 28.5 Å². The average Bonchev–Trinajstić information content (AvgIpc) is 3.41. The van der Waals surface area contributed by atoms with Crippen molar-refractivity contribution < 1.29 is 9.26 Å². The maximum atomic E-state index is 12.3. The lowest BCUT2D eigenvalue weighted by Crippen LogP contribution is -2.28. The molecule has 0 atom stereocenters. The first-order valence-corrected chi connectivity index (χ1v) is 10.0. The van der Waals surface area contributed by atoms with Crippen LogP contribution in [-0.4, -0.2) is 44.9 Å². The van der Waals surface area contributed by atoms with Gasteiger partial charge in [-0.1, -0.05) is 16.8 Å². The third kappa shape index (κ3) is 3.91. The number of aromatic nitrogens is 5. The van der Waals surface area contributed by atoms with E-state index in [1.165, 1.54) is 0 Å². The maximum absolute atomic E-state index is 12.3. The minimum absolute atomic E-state index is 0. The number of piperidine rings is 1. The van der Waals surface area contributed by atoms with E-state index in [1.807, 2.05) is 0 Å². The number of benzene rings is 1. The van der Waals surface area contributed by atoms with Crippen molar-refractivity contribution in [3.05, 3.63) is 51.5 Å². The maximum Gasteiger partial charge on any atom is 0.263 e. The lowest BCUT2D eigenvalue weighted by molar-refractivity contribution is 0.415. The highest BCUT2D eigenvalue weighted by Gasteiger charge is 2.23. The molecule has 4 heterocycles. The molecule has 0 bridgehead atoms. The van der Waals surface area contributed by atoms with Crippen LogP contribution in [0, 0.1) is 0 Å². The molecule has 3 aromatic heterocycles. The molecular weight excluding hydrogens is 443 g/mol. The molecule has 162 valence electrons. The highest BCUT2D eigenvalue weighted by atomic mass is 35.5. The molecule has 11 heteroatoms. The van der Waals surface area contributed by atoms with E-state index in [9.17, 15) is 4.79 Å². The van der Waals surface area contributed by atoms with Crippen LogP contribution < -0.4 is 15.6 Å². The van der Waals surface area contributed by atoms with Crippen LogP contribution in [0.5, 0.6) is 5.75 Å². The Morgan fingerprint density at radius 2 is 2.06 bits per heavy atom. The summed E-state index contributed by atoms with van der Waals surface area (Å²) in [7, 11) is 1.55. The predicted octanol–water partition coefficient (Wildman–Crippen LogP) is 3.29. The molecule has 0 aliphatic carbocycles. The topological polar surface area (TPSA) is 110 Å². The van der Waals surface area contributed by atoms with Gasteiger partial charge < -0.3 is 19.6 Å². The molecular formula is C20H20Cl2N6O3. The number of halogens is 2. The zero-order valence-corrected chi connectivity index (χ0v) is 18.2. The summed E-state index contributed by atoms with van der Waals surface area (Å²) in [4.78, 5) is 19.7. The Morgan fingerprint density at radius 1 is 1.26 bits per heavy atom. The van der Waals surface area contributed by atoms with E-state index in [1.54, 1.807) is 42.1 Å². The number of methoxy groups -OCH3 is 1. The highest BCUT2D eigenvalue weighted by Crippen LogP contribution is 2.31. The summed E-state index contributed by atoms with van der Waals surface area (Å²) in [6.45, 7) is 1.84. The first kappa shape index (κ1) is 21.4. The number of nitrogens with one attached hydrogen (secondary N) is 2. The van der Waals surface area contributed by atoms with Gasteiger partial charge in [0.15, 0.2) is 0 Å². The Bertz CT molecular complexity index is 1280. The molecule has 1 aliphatic heterocycles. The van der Waals surface area contributed by atoms with Crippen LogP contribution in [-0.2, 0) is 0 Å². The first-order chi connectivity index (χ1) is 14.6. The summed E-state index contributed by atoms with van der Waals surface area (Å²) < 4.78 is 12.4. The minimum Gasteiger partial charge on any atom is -0.495 e. The van der Waals surface area contributed by atoms with Gasteiger partial charge in [0.2, 0.25) is 5.82 Å². The van der Waals surface area contributed by atoms with Crippen molar-refractivity contribution in [3.63, 3.8) is 0 Å². The van der Waals surface area contributed by atoms with E-state index >= 15 is 0 Å². The average molecular weight is 463 g/mol. The number of ether oxygens (including phenoxy) is 1. The van der Waals surface area contributed by atoms with Gasteiger partial charge in [0.1, 0.15) is 17.0 Å². The molecule has 0 amide bonds. The molecule has 31 heavy (non-hydrogen) atoms. The number of rotatable bonds is 4. The summed E-state index contributed by atoms with van der Waals surface area (Å²) in [5.41, 5.74) is 2.51. The van der Waals surface area contributed by atoms with Crippen molar-refractivity contribution in [2.45, 2.75) is 18.8 Å². The van der Waals surface area contributed by atoms with Crippen molar-refractivity contribution in [1.29, 1.82) is 0 Å². The molecule has 0 spiro atoms. The van der Waals surface area contributed by atoms with Crippen LogP contribution >= 0.6 is 24.0 Å². The predicted molar refractivity (Wildman–Crippen MR) is 118 cm³/mol. The third-order valence-electron chi connectivity index (χ3n) is 5.36. The Balaban J connectivity index is 0.00000231. The Kier molecular flexibility index (Phi) is 5.99. The lowest BCUT2D eigenvalue weighted by Gasteiger charge is -2.23. The van der Waals surface area contributed by atoms with Crippen molar-refractivity contribution in [3.8, 4) is 28.6 Å². The number of fused-ring (bicyclic) bond motifs is 1. The molecule has 4 aromatic rings. The molecule has 2 N–H and O–H groups in total. The van der Waals surface area contributed by atoms with Gasteiger partial charge in [-0.15, -0.1) is 12.4 Å². The first-order valence-electron chi connectivity index (χ1n) is 9.63. The van der Waals surface area contributed by atoms with E-state index in [2.05, 4.69) is 25.5 Å². The fraction of sp³-hybridized carbons (Fsp3) is 0.300. The summed E-state index contributed by atoms with van der Waals surface area (Å²) in [6.07, 6.45) is 3.54. The quantitative estimate of drug-likeness (QED) is 0.478. The zero-order chi connectivity index (χ0) is 20.7. The normalized spacial score (nSPS) is 14.5. The monoisotopic (exact) mass is 462 g/mol. The Labute approximate surface area is 188 Å². The SMILES string of the molecule is COc1ccc(-c2noc(-c3cnn4c(C5CCNCC5)cc(=O)[nH]c34)n2)cc1Cl.Cl. The molecule has 1 aliphatic rings. The van der Waals surface area contributed by atoms with Gasteiger partial charge >= 0.3 is 0 Å². The van der Waals surface area contributed by atoms with E-state index in [-0.39, 0.29) is 29.8 Å². The van der Waals surface area contributed by atoms with Crippen molar-refractivity contribution in [2.24, 2.45) is 0 Å². The van der Waals surface area contributed by atoms with Gasteiger partial charge in [0.05, 0.1) is 24.0 Å². The smallest absolute Gasteiger partial charge is 0.263 e. The van der Waals surface area contributed by atoms with Crippen molar-refractivity contribution in [1.82, 2.24) is 30.1 Å². The molecule has 1 fully saturated rings. The zero-order valence-electron chi connectivity index (χ0n) is 16.6. The van der Waals surface area contributed by atoms with Crippen LogP contribution in [0.3, 0.4) is 0 Å². The van der Waals surface area contributed by atoms with Crippen LogP contribution in [0.2, 0.25) is 5.02 Å². The summed E-state index contributed by atoms with van der Waals surface area (Å²) in [5, 5.41) is 12.3. The molecule has 0 radical (unpaired) electrons. The van der Waals surface area contributed by atoms with Gasteiger partial charge in [-0.05, 0) is 44.1 Å². The van der Waals surface area contributed by atoms with Crippen molar-refractivity contribution >= 4 is 29.7 Å². The van der Waals surface area contributed by atoms with Crippen LogP contribution in [0.1, 0.15) is 24.5 Å². The largest absolute Gasteiger partial charge is 0.495 e. The number of hydrogen-bond acceptors (Lipinski definition) is 7. The number of hydrogen-bond donors (Lipinski definition) is 2. The fourth-order valence-electron chi connectivity index (χ4n) is 3.83. The van der Waals surface area contributed by atoms with Crippen LogP contribution in [0.15, 0.2) is 39.8 Å². The Morgan fingerprint density at radius 3 is 2.81 bits per heavy atom. The molecule has 9 nitrogen and oxygen atoms in total. The second kappa shape index (κ2) is 8.70. The van der Waals surface area contributed by atoms with Gasteiger partial charge in [-0.3, -0.25) is 4.79 Å². The van der Waals surface area contributed by atoms with E-state index in [0.29, 0.717) is 33.4 Å². The number of aromatic amines is 1. The standard InChI is InChI=1S/C20H19ClN6O3.ClH/c1-29-16-3-2-12(8-14(16)21)18-25-20(30-26-18)13-10-23-27-15(9-17(28)24-19(13)27)11-4-6-22-7-5-11;/h2-3,8-11,22H,4-7H2,1H3,(H,24,28);1H. The Hall–Kier alpha value is -2.88. The lowest BCUT2D eigenvalue weighted by atomic mass is 9.94. The van der Waals surface area contributed by atoms with Gasteiger partial charge in [0, 0.05) is 17.5 Å². The minimum atomic E-state index is -0.181. The van der Waals surface area contributed by atoms with Gasteiger partial charge in [-0.2, -0.15) is 10.1 Å². The molecule has 0 unspecified atom stereocenters. The molecule has 1 saturated heterocycles. The molecule has 0 saturated carbocycles. The number of nitrogens with zero attached hydrogens (tertiary/aromatic N) is 4. The second-order valence-corrected chi connectivity index (χ2v) is 7.58. The molecule has 1 aromatic carbocycles. The highest BCUT2D eigenvalue weighted by molar-refractivity contribution is 6.32. The summed E-state index contributed by atoms with van der Waals surface area (Å²) in [6, 6.07) is 6.87. The van der Waals surface area contributed by atoms with E-state index in [0.717, 1.165) is 31.6 Å². The summed E-state index contributed by atoms with van der Waals surface area (Å²) >= 11 is 6.20. The fourth-order valence-corrected chi connectivity index (χ4v) is 4.09.